The molecule has 1 rings (SSSR count). The third-order valence-electron chi connectivity index (χ3n) is 3.42. The second kappa shape index (κ2) is 9.68. The average Bonchev–Trinajstić information content (AvgIpc) is 2.51. The molecule has 1 amide bonds. The lowest BCUT2D eigenvalue weighted by Crippen LogP contribution is -2.44. The minimum atomic E-state index is -3.88. The van der Waals surface area contributed by atoms with Gasteiger partial charge in [0.25, 0.3) is 5.91 Å². The number of sulfonamides is 1. The number of carbonyl (C=O) groups excluding carboxylic acids is 2. The van der Waals surface area contributed by atoms with E-state index >= 15 is 0 Å². The van der Waals surface area contributed by atoms with E-state index in [0.29, 0.717) is 0 Å². The highest BCUT2D eigenvalue weighted by molar-refractivity contribution is 7.89. The van der Waals surface area contributed by atoms with E-state index in [0.717, 1.165) is 5.56 Å². The highest BCUT2D eigenvalue weighted by atomic mass is 32.2. The van der Waals surface area contributed by atoms with Crippen LogP contribution < -0.4 is 10.0 Å². The molecular weight excluding hydrogens is 356 g/mol. The van der Waals surface area contributed by atoms with Gasteiger partial charge in [0, 0.05) is 6.04 Å². The van der Waals surface area contributed by atoms with Gasteiger partial charge < -0.3 is 10.1 Å². The standard InChI is InChI=1S/C18H28N2O5S/c1-12(2)10-16(18(22)25-11-17(21)19-13(3)4)20-26(23,24)15-8-6-14(5)7-9-15/h6-9,12-13,16,20H,10-11H2,1-5H3,(H,19,21)/t16-/m1/s1. The van der Waals surface area contributed by atoms with Gasteiger partial charge in [-0.05, 0) is 45.2 Å². The Hall–Kier alpha value is -1.93. The highest BCUT2D eigenvalue weighted by Gasteiger charge is 2.28. The monoisotopic (exact) mass is 384 g/mol. The molecule has 0 aliphatic carbocycles. The summed E-state index contributed by atoms with van der Waals surface area (Å²) in [4.78, 5) is 24.0. The van der Waals surface area contributed by atoms with Gasteiger partial charge in [0.05, 0.1) is 4.90 Å². The Bertz CT molecular complexity index is 712. The van der Waals surface area contributed by atoms with Crippen LogP contribution in [-0.4, -0.2) is 39.0 Å². The topological polar surface area (TPSA) is 102 Å². The van der Waals surface area contributed by atoms with Gasteiger partial charge >= 0.3 is 5.97 Å². The molecule has 146 valence electrons. The predicted molar refractivity (Wildman–Crippen MR) is 99.0 cm³/mol. The molecule has 8 heteroatoms. The molecule has 0 fully saturated rings. The summed E-state index contributed by atoms with van der Waals surface area (Å²) in [6.07, 6.45) is 0.260. The smallest absolute Gasteiger partial charge is 0.324 e. The number of nitrogens with one attached hydrogen (secondary N) is 2. The quantitative estimate of drug-likeness (QED) is 0.632. The molecule has 0 spiro atoms. The Morgan fingerprint density at radius 1 is 1.08 bits per heavy atom. The molecule has 2 N–H and O–H groups in total. The SMILES string of the molecule is Cc1ccc(S(=O)(=O)N[C@H](CC(C)C)C(=O)OCC(=O)NC(C)C)cc1. The number of benzene rings is 1. The number of amides is 1. The molecule has 0 bridgehead atoms. The number of esters is 1. The van der Waals surface area contributed by atoms with E-state index < -0.39 is 34.5 Å². The maximum atomic E-state index is 12.5. The second-order valence-corrected chi connectivity index (χ2v) is 8.66. The molecule has 0 radical (unpaired) electrons. The Labute approximate surface area is 155 Å². The molecule has 0 aromatic heterocycles. The first-order valence-corrected chi connectivity index (χ1v) is 10.0. The number of hydrogen-bond acceptors (Lipinski definition) is 5. The Kier molecular flexibility index (Phi) is 8.23. The van der Waals surface area contributed by atoms with Crippen LogP contribution in [0.2, 0.25) is 0 Å². The van der Waals surface area contributed by atoms with Crippen LogP contribution in [-0.2, 0) is 24.3 Å². The van der Waals surface area contributed by atoms with Crippen LogP contribution in [0.15, 0.2) is 29.2 Å². The first-order chi connectivity index (χ1) is 12.0. The van der Waals surface area contributed by atoms with E-state index in [1.807, 2.05) is 20.8 Å². The summed E-state index contributed by atoms with van der Waals surface area (Å²) in [6, 6.07) is 5.18. The zero-order valence-electron chi connectivity index (χ0n) is 15.9. The van der Waals surface area contributed by atoms with Crippen molar-refractivity contribution in [1.82, 2.24) is 10.0 Å². The largest absolute Gasteiger partial charge is 0.454 e. The molecule has 0 unspecified atom stereocenters. The zero-order chi connectivity index (χ0) is 19.9. The summed E-state index contributed by atoms with van der Waals surface area (Å²) in [5.41, 5.74) is 0.929. The van der Waals surface area contributed by atoms with Gasteiger partial charge in [-0.15, -0.1) is 0 Å². The lowest BCUT2D eigenvalue weighted by molar-refractivity contribution is -0.150. The van der Waals surface area contributed by atoms with Crippen LogP contribution in [0.1, 0.15) is 39.7 Å². The summed E-state index contributed by atoms with van der Waals surface area (Å²) >= 11 is 0. The van der Waals surface area contributed by atoms with E-state index in [9.17, 15) is 18.0 Å². The Morgan fingerprint density at radius 3 is 2.15 bits per heavy atom. The van der Waals surface area contributed by atoms with Crippen molar-refractivity contribution in [3.05, 3.63) is 29.8 Å². The fourth-order valence-corrected chi connectivity index (χ4v) is 3.43. The molecule has 0 saturated heterocycles. The Balaban J connectivity index is 2.83. The second-order valence-electron chi connectivity index (χ2n) is 6.95. The predicted octanol–water partition coefficient (Wildman–Crippen LogP) is 1.76. The summed E-state index contributed by atoms with van der Waals surface area (Å²) in [5.74, 6) is -1.15. The minimum Gasteiger partial charge on any atom is -0.454 e. The van der Waals surface area contributed by atoms with E-state index in [2.05, 4.69) is 10.0 Å². The van der Waals surface area contributed by atoms with E-state index in [-0.39, 0.29) is 23.3 Å². The molecule has 0 aliphatic heterocycles. The summed E-state index contributed by atoms with van der Waals surface area (Å²) in [6.45, 7) is 8.72. The summed E-state index contributed by atoms with van der Waals surface area (Å²) in [7, 11) is -3.88. The molecule has 1 atom stereocenters. The van der Waals surface area contributed by atoms with Crippen molar-refractivity contribution < 1.29 is 22.7 Å². The molecule has 0 heterocycles. The van der Waals surface area contributed by atoms with Crippen molar-refractivity contribution in [2.75, 3.05) is 6.61 Å². The summed E-state index contributed by atoms with van der Waals surface area (Å²) < 4.78 is 32.4. The first kappa shape index (κ1) is 22.1. The van der Waals surface area contributed by atoms with Gasteiger partial charge in [-0.1, -0.05) is 31.5 Å². The number of ether oxygens (including phenoxy) is 1. The van der Waals surface area contributed by atoms with Gasteiger partial charge in [0.15, 0.2) is 6.61 Å². The zero-order valence-corrected chi connectivity index (χ0v) is 16.7. The van der Waals surface area contributed by atoms with Crippen LogP contribution in [0.5, 0.6) is 0 Å². The lowest BCUT2D eigenvalue weighted by atomic mass is 10.1. The fourth-order valence-electron chi connectivity index (χ4n) is 2.24. The van der Waals surface area contributed by atoms with Crippen molar-refractivity contribution in [2.45, 2.75) is 58.0 Å². The van der Waals surface area contributed by atoms with Gasteiger partial charge in [-0.3, -0.25) is 9.59 Å². The third kappa shape index (κ3) is 7.53. The van der Waals surface area contributed by atoms with Crippen molar-refractivity contribution in [1.29, 1.82) is 0 Å². The number of aryl methyl sites for hydroxylation is 1. The number of carbonyl (C=O) groups is 2. The van der Waals surface area contributed by atoms with E-state index in [1.165, 1.54) is 12.1 Å². The van der Waals surface area contributed by atoms with Crippen LogP contribution in [0.3, 0.4) is 0 Å². The van der Waals surface area contributed by atoms with Crippen molar-refractivity contribution >= 4 is 21.9 Å². The van der Waals surface area contributed by atoms with Crippen LogP contribution in [0.25, 0.3) is 0 Å². The first-order valence-electron chi connectivity index (χ1n) is 8.56. The lowest BCUT2D eigenvalue weighted by Gasteiger charge is -2.19. The molecule has 1 aromatic carbocycles. The molecule has 7 nitrogen and oxygen atoms in total. The van der Waals surface area contributed by atoms with Crippen molar-refractivity contribution in [2.24, 2.45) is 5.92 Å². The third-order valence-corrected chi connectivity index (χ3v) is 4.90. The van der Waals surface area contributed by atoms with Gasteiger partial charge in [-0.2, -0.15) is 4.72 Å². The molecular formula is C18H28N2O5S. The Morgan fingerprint density at radius 2 is 1.65 bits per heavy atom. The van der Waals surface area contributed by atoms with Gasteiger partial charge in [0.1, 0.15) is 6.04 Å². The molecule has 0 saturated carbocycles. The highest BCUT2D eigenvalue weighted by Crippen LogP contribution is 2.14. The normalized spacial score (nSPS) is 12.9. The molecule has 1 aromatic rings. The fraction of sp³-hybridized carbons (Fsp3) is 0.556. The molecule has 26 heavy (non-hydrogen) atoms. The number of rotatable bonds is 9. The maximum Gasteiger partial charge on any atom is 0.324 e. The van der Waals surface area contributed by atoms with Gasteiger partial charge in [0.2, 0.25) is 10.0 Å². The average molecular weight is 384 g/mol. The van der Waals surface area contributed by atoms with Crippen molar-refractivity contribution in [3.8, 4) is 0 Å². The van der Waals surface area contributed by atoms with Crippen LogP contribution in [0.4, 0.5) is 0 Å². The van der Waals surface area contributed by atoms with Crippen LogP contribution in [0, 0.1) is 12.8 Å². The van der Waals surface area contributed by atoms with Crippen molar-refractivity contribution in [3.63, 3.8) is 0 Å². The number of hydrogen-bond donors (Lipinski definition) is 2. The maximum absolute atomic E-state index is 12.5. The van der Waals surface area contributed by atoms with Crippen LogP contribution >= 0.6 is 0 Å². The molecule has 0 aliphatic rings. The van der Waals surface area contributed by atoms with E-state index in [1.54, 1.807) is 26.0 Å². The summed E-state index contributed by atoms with van der Waals surface area (Å²) in [5, 5.41) is 2.60. The minimum absolute atomic E-state index is 0.0535. The van der Waals surface area contributed by atoms with E-state index in [4.69, 9.17) is 4.74 Å². The van der Waals surface area contributed by atoms with Gasteiger partial charge in [-0.25, -0.2) is 8.42 Å².